The molecule has 3 saturated carbocycles. The summed E-state index contributed by atoms with van der Waals surface area (Å²) < 4.78 is 0. The van der Waals surface area contributed by atoms with Crippen LogP contribution in [-0.4, -0.2) is 16.7 Å². The van der Waals surface area contributed by atoms with Gasteiger partial charge in [-0.2, -0.15) is 0 Å². The highest BCUT2D eigenvalue weighted by atomic mass is 16.3. The van der Waals surface area contributed by atoms with E-state index < -0.39 is 0 Å². The molecule has 0 saturated heterocycles. The van der Waals surface area contributed by atoms with E-state index in [1.54, 1.807) is 0 Å². The zero-order chi connectivity index (χ0) is 15.7. The number of aliphatic hydroxyl groups excluding tert-OH is 1. The lowest BCUT2D eigenvalue weighted by Crippen LogP contribution is -2.51. The van der Waals surface area contributed by atoms with Crippen LogP contribution in [0.15, 0.2) is 11.3 Å². The molecule has 0 aromatic carbocycles. The number of hydrogen-bond acceptors (Lipinski definition) is 3. The fourth-order valence-corrected chi connectivity index (χ4v) is 6.46. The van der Waals surface area contributed by atoms with Gasteiger partial charge in [0, 0.05) is 18.3 Å². The number of carbonyl (C=O) groups is 2. The quantitative estimate of drug-likeness (QED) is 0.736. The van der Waals surface area contributed by atoms with Crippen LogP contribution in [-0.2, 0) is 9.59 Å². The van der Waals surface area contributed by atoms with Gasteiger partial charge in [-0.3, -0.25) is 9.59 Å². The summed E-state index contributed by atoms with van der Waals surface area (Å²) in [6.45, 7) is 4.46. The van der Waals surface area contributed by atoms with Crippen molar-refractivity contribution in [2.45, 2.75) is 65.2 Å². The predicted octanol–water partition coefficient (Wildman–Crippen LogP) is 3.97. The molecule has 120 valence electrons. The lowest BCUT2D eigenvalue weighted by Gasteiger charge is -2.56. The van der Waals surface area contributed by atoms with Crippen LogP contribution in [0.1, 0.15) is 65.2 Å². The summed E-state index contributed by atoms with van der Waals surface area (Å²) in [7, 11) is 0. The number of carbonyl (C=O) groups excluding carboxylic acids is 2. The van der Waals surface area contributed by atoms with Crippen LogP contribution >= 0.6 is 0 Å². The van der Waals surface area contributed by atoms with Crippen LogP contribution in [0.4, 0.5) is 0 Å². The Morgan fingerprint density at radius 2 is 1.64 bits per heavy atom. The summed E-state index contributed by atoms with van der Waals surface area (Å²) in [5.41, 5.74) is 0.914. The molecule has 5 atom stereocenters. The average molecular weight is 302 g/mol. The van der Waals surface area contributed by atoms with Crippen molar-refractivity contribution in [2.24, 2.45) is 28.6 Å². The van der Waals surface area contributed by atoms with Gasteiger partial charge in [-0.1, -0.05) is 13.8 Å². The van der Waals surface area contributed by atoms with E-state index in [2.05, 4.69) is 13.8 Å². The molecule has 0 unspecified atom stereocenters. The molecule has 3 fully saturated rings. The summed E-state index contributed by atoms with van der Waals surface area (Å²) in [6.07, 6.45) is 7.13. The van der Waals surface area contributed by atoms with Crippen LogP contribution in [0.3, 0.4) is 0 Å². The molecule has 0 aromatic heterocycles. The van der Waals surface area contributed by atoms with Crippen molar-refractivity contribution in [1.82, 2.24) is 0 Å². The van der Waals surface area contributed by atoms with E-state index in [9.17, 15) is 14.7 Å². The Kier molecular flexibility index (Phi) is 2.93. The molecule has 0 aliphatic heterocycles. The van der Waals surface area contributed by atoms with E-state index in [-0.39, 0.29) is 22.4 Å². The molecule has 0 heterocycles. The zero-order valence-corrected chi connectivity index (χ0v) is 13.7. The first-order valence-corrected chi connectivity index (χ1v) is 8.87. The summed E-state index contributed by atoms with van der Waals surface area (Å²) in [5.74, 6) is 2.14. The number of aliphatic hydroxyl groups is 1. The third-order valence-electron chi connectivity index (χ3n) is 7.80. The van der Waals surface area contributed by atoms with Crippen LogP contribution in [0.5, 0.6) is 0 Å². The molecule has 0 spiro atoms. The van der Waals surface area contributed by atoms with Crippen molar-refractivity contribution in [3.05, 3.63) is 11.3 Å². The van der Waals surface area contributed by atoms with Crippen LogP contribution in [0.2, 0.25) is 0 Å². The third kappa shape index (κ3) is 1.63. The second-order valence-corrected chi connectivity index (χ2v) is 8.50. The molecule has 22 heavy (non-hydrogen) atoms. The first-order chi connectivity index (χ1) is 10.4. The summed E-state index contributed by atoms with van der Waals surface area (Å²) in [4.78, 5) is 24.2. The number of allylic oxidation sites excluding steroid dienone is 1. The maximum atomic E-state index is 12.4. The maximum absolute atomic E-state index is 12.4. The first-order valence-electron chi connectivity index (χ1n) is 8.87. The molecular formula is C19H26O3. The Balaban J connectivity index is 1.73. The Morgan fingerprint density at radius 3 is 2.41 bits per heavy atom. The second-order valence-electron chi connectivity index (χ2n) is 8.50. The first kappa shape index (κ1) is 14.5. The van der Waals surface area contributed by atoms with Crippen molar-refractivity contribution < 1.29 is 14.7 Å². The van der Waals surface area contributed by atoms with Crippen LogP contribution in [0.25, 0.3) is 0 Å². The summed E-state index contributed by atoms with van der Waals surface area (Å²) >= 11 is 0. The van der Waals surface area contributed by atoms with E-state index in [1.165, 1.54) is 0 Å². The van der Waals surface area contributed by atoms with Gasteiger partial charge in [0.15, 0.2) is 11.5 Å². The highest BCUT2D eigenvalue weighted by Crippen LogP contribution is 2.64. The van der Waals surface area contributed by atoms with Gasteiger partial charge in [-0.15, -0.1) is 0 Å². The number of ketones is 2. The lowest BCUT2D eigenvalue weighted by molar-refractivity contribution is -0.133. The zero-order valence-electron chi connectivity index (χ0n) is 13.7. The minimum Gasteiger partial charge on any atom is -0.504 e. The Hall–Kier alpha value is -1.12. The van der Waals surface area contributed by atoms with E-state index in [4.69, 9.17) is 0 Å². The smallest absolute Gasteiger partial charge is 0.197 e. The Labute approximate surface area is 132 Å². The SMILES string of the molecule is C[C@]12CC[C@@H]3[C@H](CCC4=C(O)C(=O)CC[C@]43C)[C@H]1CCC2=O. The van der Waals surface area contributed by atoms with Gasteiger partial charge in [0.25, 0.3) is 0 Å². The highest BCUT2D eigenvalue weighted by molar-refractivity contribution is 5.95. The van der Waals surface area contributed by atoms with Gasteiger partial charge >= 0.3 is 0 Å². The molecule has 3 heteroatoms. The molecule has 0 radical (unpaired) electrons. The molecule has 4 aliphatic rings. The van der Waals surface area contributed by atoms with Gasteiger partial charge in [-0.25, -0.2) is 0 Å². The normalized spacial score (nSPS) is 48.0. The van der Waals surface area contributed by atoms with Gasteiger partial charge in [0.1, 0.15) is 5.78 Å². The molecule has 0 aromatic rings. The topological polar surface area (TPSA) is 54.4 Å². The van der Waals surface area contributed by atoms with Crippen molar-refractivity contribution in [1.29, 1.82) is 0 Å². The predicted molar refractivity (Wildman–Crippen MR) is 83.3 cm³/mol. The monoisotopic (exact) mass is 302 g/mol. The molecule has 4 rings (SSSR count). The fourth-order valence-electron chi connectivity index (χ4n) is 6.46. The fraction of sp³-hybridized carbons (Fsp3) is 0.789. The highest BCUT2D eigenvalue weighted by Gasteiger charge is 2.59. The summed E-state index contributed by atoms with van der Waals surface area (Å²) in [5, 5.41) is 10.3. The Bertz CT molecular complexity index is 589. The average Bonchev–Trinajstić information content (AvgIpc) is 2.79. The Morgan fingerprint density at radius 1 is 0.909 bits per heavy atom. The molecule has 3 nitrogen and oxygen atoms in total. The minimum atomic E-state index is -0.0920. The number of hydrogen-bond donors (Lipinski definition) is 1. The van der Waals surface area contributed by atoms with E-state index in [1.807, 2.05) is 0 Å². The molecule has 0 amide bonds. The molecular weight excluding hydrogens is 276 g/mol. The number of Topliss-reactive ketones (excluding diaryl/α,β-unsaturated/α-hetero) is 2. The molecule has 0 bridgehead atoms. The van der Waals surface area contributed by atoms with Gasteiger partial charge in [-0.05, 0) is 67.3 Å². The van der Waals surface area contributed by atoms with Crippen molar-refractivity contribution in [3.8, 4) is 0 Å². The van der Waals surface area contributed by atoms with Crippen molar-refractivity contribution in [2.75, 3.05) is 0 Å². The molecule has 4 aliphatic carbocycles. The molecule has 1 N–H and O–H groups in total. The van der Waals surface area contributed by atoms with E-state index >= 15 is 0 Å². The van der Waals surface area contributed by atoms with Crippen molar-refractivity contribution in [3.63, 3.8) is 0 Å². The van der Waals surface area contributed by atoms with E-state index in [0.717, 1.165) is 50.5 Å². The standard InChI is InChI=1S/C19H26O3/c1-18-10-8-15(20)17(22)14(18)4-3-11-12-5-6-16(21)19(12,2)9-7-13(11)18/h11-13,22H,3-10H2,1-2H3/t11-,12-,13-,18+,19+/m1/s1. The van der Waals surface area contributed by atoms with Crippen LogP contribution < -0.4 is 0 Å². The maximum Gasteiger partial charge on any atom is 0.197 e. The number of fused-ring (bicyclic) bond motifs is 5. The van der Waals surface area contributed by atoms with Gasteiger partial charge < -0.3 is 5.11 Å². The van der Waals surface area contributed by atoms with E-state index in [0.29, 0.717) is 30.0 Å². The summed E-state index contributed by atoms with van der Waals surface area (Å²) in [6, 6.07) is 0. The number of rotatable bonds is 0. The third-order valence-corrected chi connectivity index (χ3v) is 7.80. The van der Waals surface area contributed by atoms with Gasteiger partial charge in [0.05, 0.1) is 0 Å². The largest absolute Gasteiger partial charge is 0.504 e. The van der Waals surface area contributed by atoms with Gasteiger partial charge in [0.2, 0.25) is 0 Å². The second kappa shape index (κ2) is 4.46. The van der Waals surface area contributed by atoms with Crippen LogP contribution in [0, 0.1) is 28.6 Å². The van der Waals surface area contributed by atoms with Crippen molar-refractivity contribution >= 4 is 11.6 Å². The lowest BCUT2D eigenvalue weighted by atomic mass is 9.47. The minimum absolute atomic E-state index is 0.0200.